The van der Waals surface area contributed by atoms with Gasteiger partial charge in [0, 0.05) is 30.0 Å². The number of carbonyl (C=O) groups excluding carboxylic acids is 3. The number of carbonyl (C=O) groups is 3. The minimum absolute atomic E-state index is 0.0587. The summed E-state index contributed by atoms with van der Waals surface area (Å²) >= 11 is 0. The lowest BCUT2D eigenvalue weighted by Crippen LogP contribution is -2.51. The Balaban J connectivity index is 1.13. The topological polar surface area (TPSA) is 146 Å². The third kappa shape index (κ3) is 7.57. The molecule has 0 spiro atoms. The molecule has 1 fully saturated rings. The van der Waals surface area contributed by atoms with Crippen LogP contribution in [-0.2, 0) is 27.5 Å². The van der Waals surface area contributed by atoms with Crippen LogP contribution in [0.4, 0.5) is 4.79 Å². The molecule has 0 radical (unpaired) electrons. The largest absolute Gasteiger partial charge is 0.488 e. The zero-order valence-electron chi connectivity index (χ0n) is 33.7. The van der Waals surface area contributed by atoms with E-state index in [1.165, 1.54) is 7.11 Å². The number of nitrogens with one attached hydrogen (secondary N) is 3. The Labute approximate surface area is 328 Å². The molecule has 0 saturated carbocycles. The van der Waals surface area contributed by atoms with Gasteiger partial charge in [0.25, 0.3) is 0 Å². The molecule has 0 unspecified atom stereocenters. The maximum Gasteiger partial charge on any atom is 0.407 e. The zero-order chi connectivity index (χ0) is 39.7. The number of methoxy groups -OCH3 is 1. The smallest absolute Gasteiger partial charge is 0.407 e. The third-order valence-electron chi connectivity index (χ3n) is 12.1. The first kappa shape index (κ1) is 38.9. The first-order chi connectivity index (χ1) is 27.0. The number of alkyl carbamates (subject to hydrolysis) is 1. The molecule has 1 saturated heterocycles. The van der Waals surface area contributed by atoms with E-state index in [4.69, 9.17) is 14.5 Å². The van der Waals surface area contributed by atoms with E-state index in [1.807, 2.05) is 35.9 Å². The van der Waals surface area contributed by atoms with Crippen molar-refractivity contribution in [2.75, 3.05) is 13.7 Å². The van der Waals surface area contributed by atoms with Crippen molar-refractivity contribution >= 4 is 39.7 Å². The second-order valence-electron chi connectivity index (χ2n) is 15.7. The summed E-state index contributed by atoms with van der Waals surface area (Å²) in [5, 5.41) is 4.83. The van der Waals surface area contributed by atoms with Crippen LogP contribution in [0.15, 0.2) is 48.7 Å². The first-order valence-corrected chi connectivity index (χ1v) is 20.2. The number of nitrogens with zero attached hydrogens (tertiary/aromatic N) is 4. The van der Waals surface area contributed by atoms with Gasteiger partial charge in [0.2, 0.25) is 11.8 Å². The number of imidazole rings is 2. The Morgan fingerprint density at radius 2 is 1.84 bits per heavy atom. The SMILES string of the molecule is CC[C@@H](C)CC(=O)N(Cc1ncc(-c2ccc3c(c2)COc2cc4c(ccc5nc([C@@H]6CCCN6C(=O)[C@@H](NC(=O)OC)[C@H](C)CC)[nH]c54)cc2-3)[nH]1)[C@@H](C)CC. The van der Waals surface area contributed by atoms with Crippen LogP contribution in [0.2, 0.25) is 0 Å². The van der Waals surface area contributed by atoms with E-state index in [-0.39, 0.29) is 29.8 Å². The molecule has 3 N–H and O–H groups in total. The highest BCUT2D eigenvalue weighted by Crippen LogP contribution is 2.43. The van der Waals surface area contributed by atoms with Crippen molar-refractivity contribution in [2.24, 2.45) is 11.8 Å². The van der Waals surface area contributed by atoms with Crippen molar-refractivity contribution in [1.82, 2.24) is 35.1 Å². The van der Waals surface area contributed by atoms with E-state index in [1.54, 1.807) is 0 Å². The van der Waals surface area contributed by atoms with E-state index in [9.17, 15) is 14.4 Å². The van der Waals surface area contributed by atoms with Crippen LogP contribution in [0, 0.1) is 11.8 Å². The molecule has 2 aliphatic rings. The van der Waals surface area contributed by atoms with E-state index in [0.29, 0.717) is 32.0 Å². The Morgan fingerprint density at radius 3 is 2.59 bits per heavy atom. The molecule has 12 heteroatoms. The minimum atomic E-state index is -0.681. The fraction of sp³-hybridized carbons (Fsp3) is 0.477. The molecule has 0 aliphatic carbocycles. The lowest BCUT2D eigenvalue weighted by molar-refractivity contribution is -0.136. The monoisotopic (exact) mass is 761 g/mol. The Morgan fingerprint density at radius 1 is 1.02 bits per heavy atom. The number of rotatable bonds is 13. The summed E-state index contributed by atoms with van der Waals surface area (Å²) in [6, 6.07) is 14.0. The standard InChI is InChI=1S/C44H55N7O5/c1-8-25(4)18-39(52)51(27(6)10-3)23-38-45-22-35(46-38)29-13-15-31-30(19-29)24-56-37-21-32-28(20-33(31)37)14-16-34-41(32)48-42(47-34)36-12-11-17-50(36)43(53)40(26(5)9-2)49-44(54)55-7/h13-16,19-22,25-27,36,40H,8-12,17-18,23-24H2,1-7H3,(H,45,46)(H,47,48)(H,49,54)/t25-,26-,27+,36+,40+/m1/s1. The van der Waals surface area contributed by atoms with E-state index in [0.717, 1.165) is 99.3 Å². The molecule has 12 nitrogen and oxygen atoms in total. The summed E-state index contributed by atoms with van der Waals surface area (Å²) in [6.07, 6.45) is 6.01. The number of ether oxygens (including phenoxy) is 2. The molecule has 56 heavy (non-hydrogen) atoms. The van der Waals surface area contributed by atoms with Gasteiger partial charge >= 0.3 is 6.09 Å². The third-order valence-corrected chi connectivity index (χ3v) is 12.1. The number of likely N-dealkylation sites (tertiary alicyclic amines) is 1. The van der Waals surface area contributed by atoms with Crippen LogP contribution in [-0.4, -0.2) is 73.4 Å². The fourth-order valence-corrected chi connectivity index (χ4v) is 8.02. The van der Waals surface area contributed by atoms with Gasteiger partial charge in [0.1, 0.15) is 30.0 Å². The van der Waals surface area contributed by atoms with Crippen molar-refractivity contribution in [2.45, 2.75) is 111 Å². The molecular weight excluding hydrogens is 707 g/mol. The van der Waals surface area contributed by atoms with E-state index < -0.39 is 12.1 Å². The number of hydrogen-bond donors (Lipinski definition) is 3. The van der Waals surface area contributed by atoms with E-state index in [2.05, 4.69) is 84.4 Å². The van der Waals surface area contributed by atoms with E-state index >= 15 is 0 Å². The Bertz CT molecular complexity index is 2240. The molecule has 3 amide bonds. The van der Waals surface area contributed by atoms with Crippen molar-refractivity contribution in [3.05, 3.63) is 65.9 Å². The van der Waals surface area contributed by atoms with Crippen LogP contribution in [0.3, 0.4) is 0 Å². The van der Waals surface area contributed by atoms with Crippen LogP contribution < -0.4 is 10.1 Å². The number of amides is 3. The number of fused-ring (bicyclic) bond motifs is 6. The normalized spacial score (nSPS) is 17.1. The molecule has 5 aromatic rings. The quantitative estimate of drug-likeness (QED) is 0.109. The second-order valence-corrected chi connectivity index (χ2v) is 15.7. The lowest BCUT2D eigenvalue weighted by atomic mass is 9.92. The average molecular weight is 762 g/mol. The summed E-state index contributed by atoms with van der Waals surface area (Å²) in [5.41, 5.74) is 6.88. The van der Waals surface area contributed by atoms with Crippen molar-refractivity contribution < 1.29 is 23.9 Å². The van der Waals surface area contributed by atoms with Crippen LogP contribution in [0.5, 0.6) is 5.75 Å². The minimum Gasteiger partial charge on any atom is -0.488 e. The Hall–Kier alpha value is -5.39. The second kappa shape index (κ2) is 16.4. The van der Waals surface area contributed by atoms with Gasteiger partial charge in [0.15, 0.2) is 0 Å². The van der Waals surface area contributed by atoms with Gasteiger partial charge in [-0.05, 0) is 84.4 Å². The molecule has 3 aromatic carbocycles. The highest BCUT2D eigenvalue weighted by Gasteiger charge is 2.38. The fourth-order valence-electron chi connectivity index (χ4n) is 8.02. The van der Waals surface area contributed by atoms with Crippen molar-refractivity contribution in [3.63, 3.8) is 0 Å². The van der Waals surface area contributed by atoms with Crippen LogP contribution >= 0.6 is 0 Å². The maximum atomic E-state index is 13.9. The summed E-state index contributed by atoms with van der Waals surface area (Å²) in [6.45, 7) is 13.9. The molecule has 2 aliphatic heterocycles. The van der Waals surface area contributed by atoms with Gasteiger partial charge in [-0.1, -0.05) is 65.7 Å². The van der Waals surface area contributed by atoms with Crippen molar-refractivity contribution in [3.8, 4) is 28.1 Å². The molecular formula is C44H55N7O5. The number of H-pyrrole nitrogens is 2. The molecule has 4 heterocycles. The zero-order valence-corrected chi connectivity index (χ0v) is 33.7. The molecule has 2 aromatic heterocycles. The van der Waals surface area contributed by atoms with Gasteiger partial charge in [-0.15, -0.1) is 0 Å². The molecule has 0 bridgehead atoms. The van der Waals surface area contributed by atoms with Crippen LogP contribution in [0.1, 0.15) is 103 Å². The predicted octanol–water partition coefficient (Wildman–Crippen LogP) is 8.66. The predicted molar refractivity (Wildman–Crippen MR) is 218 cm³/mol. The van der Waals surface area contributed by atoms with Gasteiger partial charge < -0.3 is 34.6 Å². The van der Waals surface area contributed by atoms with Gasteiger partial charge in [0.05, 0.1) is 42.6 Å². The molecule has 7 rings (SSSR count). The van der Waals surface area contributed by atoms with Gasteiger partial charge in [-0.25, -0.2) is 14.8 Å². The average Bonchev–Trinajstić information content (AvgIpc) is 4.00. The lowest BCUT2D eigenvalue weighted by Gasteiger charge is -2.30. The summed E-state index contributed by atoms with van der Waals surface area (Å²) in [5.74, 6) is 2.66. The maximum absolute atomic E-state index is 13.9. The summed E-state index contributed by atoms with van der Waals surface area (Å²) in [7, 11) is 1.31. The first-order valence-electron chi connectivity index (χ1n) is 20.2. The number of aromatic nitrogens is 4. The highest BCUT2D eigenvalue weighted by molar-refractivity contribution is 6.07. The van der Waals surface area contributed by atoms with Gasteiger partial charge in [-0.2, -0.15) is 0 Å². The number of hydrogen-bond acceptors (Lipinski definition) is 7. The molecule has 296 valence electrons. The number of benzene rings is 3. The summed E-state index contributed by atoms with van der Waals surface area (Å²) in [4.78, 5) is 59.8. The van der Waals surface area contributed by atoms with Crippen molar-refractivity contribution in [1.29, 1.82) is 0 Å². The van der Waals surface area contributed by atoms with Gasteiger partial charge in [-0.3, -0.25) is 9.59 Å². The molecule has 5 atom stereocenters. The Kier molecular flexibility index (Phi) is 11.4. The number of aromatic amines is 2. The van der Waals surface area contributed by atoms with Crippen LogP contribution in [0.25, 0.3) is 44.2 Å². The highest BCUT2D eigenvalue weighted by atomic mass is 16.5. The summed E-state index contributed by atoms with van der Waals surface area (Å²) < 4.78 is 11.3.